The highest BCUT2D eigenvalue weighted by Crippen LogP contribution is 2.37. The molecule has 12 radical (unpaired) electrons. The van der Waals surface area contributed by atoms with Crippen LogP contribution in [0.4, 0.5) is 0 Å². The standard InChI is InChI=1S/C8H14B12O2S/c9-16(10)19(20(17(11)12)18(13)14)15-6-7(15)23-5-3-1-2-4-8(21)22/h7H,1-6H2,(H,21,22). The van der Waals surface area contributed by atoms with Crippen molar-refractivity contribution in [2.24, 2.45) is 0 Å². The molecule has 0 aliphatic carbocycles. The van der Waals surface area contributed by atoms with E-state index in [0.717, 1.165) is 31.3 Å². The second kappa shape index (κ2) is 10.6. The molecule has 0 aromatic rings. The normalized spacial score (nSPS) is 15.8. The third-order valence-electron chi connectivity index (χ3n) is 4.42. The second-order valence-electron chi connectivity index (χ2n) is 6.40. The smallest absolute Gasteiger partial charge is 0.303 e. The molecular weight excluding hydrogens is 290 g/mol. The number of thioether (sulfide) groups is 1. The summed E-state index contributed by atoms with van der Waals surface area (Å²) in [5.41, 5.74) is 0. The van der Waals surface area contributed by atoms with Crippen LogP contribution < -0.4 is 0 Å². The van der Waals surface area contributed by atoms with Gasteiger partial charge in [0, 0.05) is 84.8 Å². The average Bonchev–Trinajstić information content (AvgIpc) is 3.17. The first kappa shape index (κ1) is 21.6. The minimum atomic E-state index is -0.734. The van der Waals surface area contributed by atoms with Gasteiger partial charge in [0.25, 0.3) is 0 Å². The third-order valence-corrected chi connectivity index (χ3v) is 5.91. The first-order valence-corrected chi connectivity index (χ1v) is 9.17. The molecular formula is C8H14B12O2S. The third kappa shape index (κ3) is 7.57. The summed E-state index contributed by atoms with van der Waals surface area (Å²) in [6.45, 7) is 0.341. The van der Waals surface area contributed by atoms with Gasteiger partial charge in [0.15, 0.2) is 0 Å². The first-order valence-electron chi connectivity index (χ1n) is 8.12. The molecule has 1 unspecified atom stereocenters. The summed E-state index contributed by atoms with van der Waals surface area (Å²) in [5, 5.41) is 9.07. The molecule has 0 spiro atoms. The summed E-state index contributed by atoms with van der Waals surface area (Å²) in [5.74, 6) is 0.267. The Kier molecular flexibility index (Phi) is 9.94. The highest BCUT2D eigenvalue weighted by Gasteiger charge is 2.51. The average molecular weight is 304 g/mol. The molecule has 2 nitrogen and oxygen atoms in total. The Morgan fingerprint density at radius 1 is 1.04 bits per heavy atom. The number of aliphatic carboxylic acids is 1. The second-order valence-corrected chi connectivity index (χ2v) is 7.75. The van der Waals surface area contributed by atoms with E-state index >= 15 is 0 Å². The zero-order chi connectivity index (χ0) is 17.6. The molecule has 1 N–H and O–H groups in total. The van der Waals surface area contributed by atoms with Gasteiger partial charge in [0.05, 0.1) is 0 Å². The molecule has 1 saturated heterocycles. The van der Waals surface area contributed by atoms with E-state index in [2.05, 4.69) is 0 Å². The van der Waals surface area contributed by atoms with Crippen molar-refractivity contribution in [3.63, 3.8) is 0 Å². The molecule has 0 bridgehead atoms. The van der Waals surface area contributed by atoms with Crippen LogP contribution in [0.3, 0.4) is 0 Å². The number of carbonyl (C=O) groups is 1. The van der Waals surface area contributed by atoms with E-state index < -0.39 is 25.1 Å². The fraction of sp³-hybridized carbons (Fsp3) is 0.875. The fourth-order valence-electron chi connectivity index (χ4n) is 3.17. The highest BCUT2D eigenvalue weighted by atomic mass is 32.2. The van der Waals surface area contributed by atoms with Gasteiger partial charge in [-0.05, 0) is 23.7 Å². The van der Waals surface area contributed by atoms with Gasteiger partial charge >= 0.3 is 5.97 Å². The monoisotopic (exact) mass is 306 g/mol. The number of rotatable bonds is 12. The maximum Gasteiger partial charge on any atom is 0.303 e. The lowest BCUT2D eigenvalue weighted by atomic mass is 8.50. The summed E-state index contributed by atoms with van der Waals surface area (Å²) in [4.78, 5) is 10.4. The van der Waals surface area contributed by atoms with E-state index in [1.54, 1.807) is 0 Å². The number of unbranched alkanes of at least 4 members (excludes halogenated alkanes) is 2. The lowest BCUT2D eigenvalue weighted by Gasteiger charge is -2.31. The summed E-state index contributed by atoms with van der Waals surface area (Å²) in [6, 6.07) is 0. The van der Waals surface area contributed by atoms with Crippen LogP contribution in [-0.2, 0) is 4.79 Å². The van der Waals surface area contributed by atoms with E-state index in [0.29, 0.717) is 11.8 Å². The summed E-state index contributed by atoms with van der Waals surface area (Å²) >= 11 is 1.87. The minimum absolute atomic E-state index is 0.0838. The van der Waals surface area contributed by atoms with E-state index in [4.69, 9.17) is 51.5 Å². The van der Waals surface area contributed by atoms with E-state index in [9.17, 15) is 4.79 Å². The van der Waals surface area contributed by atoms with Gasteiger partial charge < -0.3 is 5.11 Å². The SMILES string of the molecule is [B]B([B])B(B([B])[B])B(B([B])[B])B1CC1SCCCCCC(=O)O. The number of hydrogen-bond donors (Lipinski definition) is 1. The molecule has 15 heteroatoms. The Hall–Kier alpha value is 0.599. The van der Waals surface area contributed by atoms with Crippen LogP contribution in [0.15, 0.2) is 0 Å². The van der Waals surface area contributed by atoms with Crippen molar-refractivity contribution in [2.45, 2.75) is 37.2 Å². The summed E-state index contributed by atoms with van der Waals surface area (Å²) in [7, 11) is 35.1. The van der Waals surface area contributed by atoms with E-state index in [1.807, 2.05) is 11.8 Å². The van der Waals surface area contributed by atoms with Crippen molar-refractivity contribution < 1.29 is 9.90 Å². The maximum absolute atomic E-state index is 10.4. The number of hydrogen-bond acceptors (Lipinski definition) is 2. The van der Waals surface area contributed by atoms with Gasteiger partial charge in [-0.3, -0.25) is 4.79 Å². The predicted molar refractivity (Wildman–Crippen MR) is 116 cm³/mol. The van der Waals surface area contributed by atoms with Gasteiger partial charge in [0.1, 0.15) is 6.60 Å². The number of carboxylic acid groups (broad SMARTS) is 1. The van der Waals surface area contributed by atoms with Crippen molar-refractivity contribution in [3.8, 4) is 0 Å². The lowest BCUT2D eigenvalue weighted by Crippen LogP contribution is -2.70. The van der Waals surface area contributed by atoms with Crippen molar-refractivity contribution in [1.82, 2.24) is 0 Å². The van der Waals surface area contributed by atoms with Crippen molar-refractivity contribution >= 4 is 103 Å². The van der Waals surface area contributed by atoms with Crippen molar-refractivity contribution in [3.05, 3.63) is 0 Å². The van der Waals surface area contributed by atoms with E-state index in [-0.39, 0.29) is 19.2 Å². The van der Waals surface area contributed by atoms with Gasteiger partial charge in [-0.25, -0.2) is 0 Å². The van der Waals surface area contributed by atoms with Crippen LogP contribution >= 0.6 is 11.8 Å². The Morgan fingerprint density at radius 3 is 2.13 bits per heavy atom. The minimum Gasteiger partial charge on any atom is -0.481 e. The Labute approximate surface area is 155 Å². The summed E-state index contributed by atoms with van der Waals surface area (Å²) in [6.07, 6.45) is 1.71. The van der Waals surface area contributed by atoms with Crippen LogP contribution in [0, 0.1) is 0 Å². The van der Waals surface area contributed by atoms with Gasteiger partial charge in [-0.1, -0.05) is 12.7 Å². The van der Waals surface area contributed by atoms with E-state index in [1.165, 1.54) is 0 Å². The molecule has 1 rings (SSSR count). The van der Waals surface area contributed by atoms with Gasteiger partial charge in [-0.15, -0.1) is 0 Å². The van der Waals surface area contributed by atoms with Crippen molar-refractivity contribution in [2.75, 3.05) is 5.75 Å². The first-order chi connectivity index (χ1) is 10.8. The Balaban J connectivity index is 2.36. The van der Waals surface area contributed by atoms with Gasteiger partial charge in [0.2, 0.25) is 0 Å². The van der Waals surface area contributed by atoms with Crippen LogP contribution in [0.1, 0.15) is 25.7 Å². The Bertz CT molecular complexity index is 363. The van der Waals surface area contributed by atoms with Crippen LogP contribution in [0.2, 0.25) is 6.32 Å². The number of carboxylic acids is 1. The molecule has 0 saturated carbocycles. The zero-order valence-corrected chi connectivity index (χ0v) is 14.3. The predicted octanol–water partition coefficient (Wildman–Crippen LogP) is -2.36. The molecule has 1 aliphatic heterocycles. The molecule has 1 aliphatic rings. The summed E-state index contributed by atoms with van der Waals surface area (Å²) < 4.78 is 0. The largest absolute Gasteiger partial charge is 0.481 e. The zero-order valence-electron chi connectivity index (χ0n) is 13.5. The molecule has 0 aromatic carbocycles. The fourth-order valence-corrected chi connectivity index (χ4v) is 4.63. The quantitative estimate of drug-likeness (QED) is 0.324. The molecule has 0 aromatic heterocycles. The maximum atomic E-state index is 10.4. The van der Waals surface area contributed by atoms with Crippen LogP contribution in [0.5, 0.6) is 0 Å². The van der Waals surface area contributed by atoms with Crippen molar-refractivity contribution in [1.29, 1.82) is 0 Å². The van der Waals surface area contributed by atoms with Crippen LogP contribution in [-0.4, -0.2) is 107 Å². The topological polar surface area (TPSA) is 37.3 Å². The molecule has 23 heavy (non-hydrogen) atoms. The molecule has 1 atom stereocenters. The molecule has 1 fully saturated rings. The Morgan fingerprint density at radius 2 is 1.65 bits per heavy atom. The molecule has 0 amide bonds. The highest BCUT2D eigenvalue weighted by molar-refractivity contribution is 8.11. The van der Waals surface area contributed by atoms with Crippen LogP contribution in [0.25, 0.3) is 0 Å². The molecule has 100 valence electrons. The lowest BCUT2D eigenvalue weighted by molar-refractivity contribution is -0.137. The van der Waals surface area contributed by atoms with Gasteiger partial charge in [-0.2, -0.15) is 11.8 Å². The molecule has 1 heterocycles.